The highest BCUT2D eigenvalue weighted by Gasteiger charge is 2.28. The third kappa shape index (κ3) is 3.43. The van der Waals surface area contributed by atoms with Crippen LogP contribution in [-0.4, -0.2) is 32.8 Å². The Bertz CT molecular complexity index is 1110. The number of pyridine rings is 1. The van der Waals surface area contributed by atoms with E-state index in [0.717, 1.165) is 18.5 Å². The molecule has 1 aliphatic rings. The maximum absolute atomic E-state index is 15.0. The molecule has 1 amide bonds. The molecule has 29 heavy (non-hydrogen) atoms. The molecule has 3 heterocycles. The zero-order valence-corrected chi connectivity index (χ0v) is 15.1. The fourth-order valence-electron chi connectivity index (χ4n) is 3.31. The Morgan fingerprint density at radius 1 is 1.03 bits per heavy atom. The van der Waals surface area contributed by atoms with Gasteiger partial charge in [0, 0.05) is 36.5 Å². The lowest BCUT2D eigenvalue weighted by atomic mass is 10.0. The van der Waals surface area contributed by atoms with Crippen LogP contribution in [0, 0.1) is 5.82 Å². The Hall–Kier alpha value is -3.36. The number of fused-ring (bicyclic) bond motifs is 1. The van der Waals surface area contributed by atoms with Crippen molar-refractivity contribution in [3.05, 3.63) is 76.6 Å². The Labute approximate surface area is 163 Å². The fourth-order valence-corrected chi connectivity index (χ4v) is 3.31. The highest BCUT2D eigenvalue weighted by Crippen LogP contribution is 2.33. The van der Waals surface area contributed by atoms with E-state index in [1.807, 2.05) is 0 Å². The largest absolute Gasteiger partial charge is 0.337 e. The second-order valence-corrected chi connectivity index (χ2v) is 6.66. The number of benzene rings is 1. The molecule has 0 N–H and O–H groups in total. The second kappa shape index (κ2) is 7.23. The van der Waals surface area contributed by atoms with Crippen molar-refractivity contribution in [3.63, 3.8) is 0 Å². The average molecular weight is 402 g/mol. The number of nitrogens with zero attached hydrogens (tertiary/aromatic N) is 4. The van der Waals surface area contributed by atoms with Crippen LogP contribution in [0.4, 0.5) is 17.6 Å². The van der Waals surface area contributed by atoms with Crippen LogP contribution in [-0.2, 0) is 6.54 Å². The summed E-state index contributed by atoms with van der Waals surface area (Å²) in [5, 5.41) is 0. The van der Waals surface area contributed by atoms with E-state index in [9.17, 15) is 18.0 Å². The molecular weight excluding hydrogens is 388 g/mol. The first-order valence-electron chi connectivity index (χ1n) is 8.63. The molecule has 0 spiro atoms. The number of hydrogen-bond donors (Lipinski definition) is 0. The normalized spacial score (nSPS) is 14.4. The summed E-state index contributed by atoms with van der Waals surface area (Å²) < 4.78 is 54.5. The summed E-state index contributed by atoms with van der Waals surface area (Å²) in [5.74, 6) is -1.11. The number of amides is 1. The third-order valence-corrected chi connectivity index (χ3v) is 4.71. The summed E-state index contributed by atoms with van der Waals surface area (Å²) in [7, 11) is 1.65. The quantitative estimate of drug-likeness (QED) is 0.612. The van der Waals surface area contributed by atoms with Gasteiger partial charge >= 0.3 is 0 Å². The van der Waals surface area contributed by atoms with Crippen LogP contribution in [0.15, 0.2) is 42.9 Å². The van der Waals surface area contributed by atoms with Crippen molar-refractivity contribution in [2.45, 2.75) is 19.1 Å². The molecule has 5 nitrogen and oxygen atoms in total. The Morgan fingerprint density at radius 3 is 2.55 bits per heavy atom. The Balaban J connectivity index is 1.74. The topological polar surface area (TPSA) is 59.0 Å². The molecule has 1 aliphatic heterocycles. The van der Waals surface area contributed by atoms with Gasteiger partial charge in [-0.05, 0) is 35.9 Å². The molecule has 4 rings (SSSR count). The summed E-state index contributed by atoms with van der Waals surface area (Å²) >= 11 is 0. The van der Waals surface area contributed by atoms with Crippen molar-refractivity contribution in [2.75, 3.05) is 7.05 Å². The van der Waals surface area contributed by atoms with Crippen LogP contribution in [0.2, 0.25) is 0 Å². The predicted molar refractivity (Wildman–Crippen MR) is 95.4 cm³/mol. The van der Waals surface area contributed by atoms with Gasteiger partial charge in [0.05, 0.1) is 17.1 Å². The van der Waals surface area contributed by atoms with Gasteiger partial charge in [-0.15, -0.1) is 0 Å². The first kappa shape index (κ1) is 19.0. The van der Waals surface area contributed by atoms with Crippen LogP contribution < -0.4 is 0 Å². The highest BCUT2D eigenvalue weighted by molar-refractivity contribution is 5.99. The number of carbonyl (C=O) groups is 1. The van der Waals surface area contributed by atoms with Gasteiger partial charge in [0.15, 0.2) is 6.17 Å². The van der Waals surface area contributed by atoms with E-state index in [4.69, 9.17) is 0 Å². The van der Waals surface area contributed by atoms with Crippen molar-refractivity contribution in [1.82, 2.24) is 19.9 Å². The number of alkyl halides is 3. The molecule has 2 aromatic heterocycles. The maximum atomic E-state index is 15.0. The molecule has 1 unspecified atom stereocenters. The van der Waals surface area contributed by atoms with Crippen molar-refractivity contribution < 1.29 is 22.4 Å². The monoisotopic (exact) mass is 402 g/mol. The Morgan fingerprint density at radius 2 is 1.79 bits per heavy atom. The molecule has 0 bridgehead atoms. The SMILES string of the molecule is CN1Cc2c(ccnc2-c2cc(C(F)c3cc(F)cc(C(F)F)c3)ncn2)C1=O. The summed E-state index contributed by atoms with van der Waals surface area (Å²) in [6, 6.07) is 5.35. The van der Waals surface area contributed by atoms with Gasteiger partial charge in [-0.25, -0.2) is 27.5 Å². The summed E-state index contributed by atoms with van der Waals surface area (Å²) in [4.78, 5) is 25.9. The average Bonchev–Trinajstić information content (AvgIpc) is 3.01. The minimum Gasteiger partial charge on any atom is -0.337 e. The molecule has 0 saturated heterocycles. The Kier molecular flexibility index (Phi) is 4.73. The number of halogens is 4. The van der Waals surface area contributed by atoms with E-state index in [0.29, 0.717) is 29.4 Å². The molecule has 9 heteroatoms. The minimum absolute atomic E-state index is 0.127. The number of carbonyl (C=O) groups excluding carboxylic acids is 1. The van der Waals surface area contributed by atoms with Crippen LogP contribution in [0.3, 0.4) is 0 Å². The van der Waals surface area contributed by atoms with E-state index in [1.54, 1.807) is 13.1 Å². The molecule has 0 radical (unpaired) electrons. The molecule has 3 aromatic rings. The summed E-state index contributed by atoms with van der Waals surface area (Å²) in [5.41, 5.74) is 0.823. The maximum Gasteiger partial charge on any atom is 0.263 e. The molecular formula is C20H14F4N4O. The van der Waals surface area contributed by atoms with E-state index in [1.165, 1.54) is 17.2 Å². The van der Waals surface area contributed by atoms with Gasteiger partial charge in [-0.1, -0.05) is 0 Å². The molecule has 1 aromatic carbocycles. The van der Waals surface area contributed by atoms with Gasteiger partial charge in [0.1, 0.15) is 12.1 Å². The predicted octanol–water partition coefficient (Wildman–Crippen LogP) is 4.26. The van der Waals surface area contributed by atoms with Gasteiger partial charge in [-0.2, -0.15) is 0 Å². The van der Waals surface area contributed by atoms with Crippen LogP contribution in [0.1, 0.15) is 45.3 Å². The molecule has 1 atom stereocenters. The van der Waals surface area contributed by atoms with Gasteiger partial charge in [0.25, 0.3) is 12.3 Å². The van der Waals surface area contributed by atoms with E-state index < -0.39 is 24.0 Å². The standard InChI is InChI=1S/C20H14F4N4O/c1-28-8-14-13(20(28)29)2-3-25-18(14)16-7-15(26-9-27-16)17(22)10-4-11(19(23)24)6-12(21)5-10/h2-7,9,17,19H,8H2,1H3. The smallest absolute Gasteiger partial charge is 0.263 e. The lowest BCUT2D eigenvalue weighted by Crippen LogP contribution is -2.17. The van der Waals surface area contributed by atoms with Crippen LogP contribution in [0.5, 0.6) is 0 Å². The van der Waals surface area contributed by atoms with Crippen molar-refractivity contribution in [2.24, 2.45) is 0 Å². The lowest BCUT2D eigenvalue weighted by molar-refractivity contribution is 0.0816. The van der Waals surface area contributed by atoms with Crippen LogP contribution in [0.25, 0.3) is 11.4 Å². The molecule has 0 aliphatic carbocycles. The van der Waals surface area contributed by atoms with Gasteiger partial charge in [-0.3, -0.25) is 9.78 Å². The lowest BCUT2D eigenvalue weighted by Gasteiger charge is -2.12. The molecule has 0 fully saturated rings. The number of hydrogen-bond acceptors (Lipinski definition) is 4. The van der Waals surface area contributed by atoms with Gasteiger partial charge in [0.2, 0.25) is 0 Å². The first-order valence-corrected chi connectivity index (χ1v) is 8.63. The van der Waals surface area contributed by atoms with E-state index >= 15 is 4.39 Å². The van der Waals surface area contributed by atoms with Crippen molar-refractivity contribution in [1.29, 1.82) is 0 Å². The second-order valence-electron chi connectivity index (χ2n) is 6.66. The number of rotatable bonds is 4. The molecule has 148 valence electrons. The van der Waals surface area contributed by atoms with Crippen molar-refractivity contribution >= 4 is 5.91 Å². The zero-order chi connectivity index (χ0) is 20.7. The first-order chi connectivity index (χ1) is 13.8. The van der Waals surface area contributed by atoms with Gasteiger partial charge < -0.3 is 4.90 Å². The van der Waals surface area contributed by atoms with E-state index in [-0.39, 0.29) is 22.9 Å². The molecule has 0 saturated carbocycles. The van der Waals surface area contributed by atoms with Crippen LogP contribution >= 0.6 is 0 Å². The fraction of sp³-hybridized carbons (Fsp3) is 0.200. The third-order valence-electron chi connectivity index (χ3n) is 4.71. The zero-order valence-electron chi connectivity index (χ0n) is 15.1. The van der Waals surface area contributed by atoms with Crippen molar-refractivity contribution in [3.8, 4) is 11.4 Å². The number of aromatic nitrogens is 3. The van der Waals surface area contributed by atoms with E-state index in [2.05, 4.69) is 15.0 Å². The highest BCUT2D eigenvalue weighted by atomic mass is 19.3. The summed E-state index contributed by atoms with van der Waals surface area (Å²) in [6.07, 6.45) is -2.29. The minimum atomic E-state index is -2.93. The summed E-state index contributed by atoms with van der Waals surface area (Å²) in [6.45, 7) is 0.331.